The highest BCUT2D eigenvalue weighted by Gasteiger charge is 2.55. The molecule has 1 aliphatic rings. The smallest absolute Gasteiger partial charge is 0.196 e. The van der Waals surface area contributed by atoms with Crippen molar-refractivity contribution in [2.24, 2.45) is 0 Å². The summed E-state index contributed by atoms with van der Waals surface area (Å²) in [7, 11) is 0. The Hall–Kier alpha value is -1.64. The first-order valence-electron chi connectivity index (χ1n) is 6.58. The molecule has 1 heterocycles. The minimum atomic E-state index is -1.05. The van der Waals surface area contributed by atoms with Crippen LogP contribution in [-0.2, 0) is 15.1 Å². The van der Waals surface area contributed by atoms with Crippen molar-refractivity contribution in [3.05, 3.63) is 71.3 Å². The predicted molar refractivity (Wildman–Crippen MR) is 78.9 cm³/mol. The van der Waals surface area contributed by atoms with Gasteiger partial charge in [0.1, 0.15) is 6.61 Å². The molecule has 2 aromatic rings. The fraction of sp³-hybridized carbons (Fsp3) is 0.235. The van der Waals surface area contributed by atoms with Crippen LogP contribution < -0.4 is 0 Å². The van der Waals surface area contributed by atoms with Crippen LogP contribution in [0.2, 0.25) is 0 Å². The fourth-order valence-electron chi connectivity index (χ4n) is 2.55. The number of ketones is 1. The van der Waals surface area contributed by atoms with Crippen LogP contribution in [0.1, 0.15) is 22.1 Å². The molecule has 2 atom stereocenters. The normalized spacial score (nSPS) is 23.2. The first-order chi connectivity index (χ1) is 9.64. The molecule has 0 bridgehead atoms. The number of halogens is 1. The third-order valence-corrected chi connectivity index (χ3v) is 4.33. The lowest BCUT2D eigenvalue weighted by molar-refractivity contribution is -0.182. The molecule has 1 aliphatic heterocycles. The zero-order valence-corrected chi connectivity index (χ0v) is 11.9. The summed E-state index contributed by atoms with van der Waals surface area (Å²) in [5, 5.41) is -0.521. The van der Waals surface area contributed by atoms with E-state index in [0.29, 0.717) is 0 Å². The molecular weight excluding hydrogens is 272 g/mol. The highest BCUT2D eigenvalue weighted by atomic mass is 35.5. The van der Waals surface area contributed by atoms with Gasteiger partial charge in [-0.25, -0.2) is 0 Å². The van der Waals surface area contributed by atoms with E-state index in [-0.39, 0.29) is 12.4 Å². The van der Waals surface area contributed by atoms with Gasteiger partial charge in [-0.05, 0) is 18.1 Å². The number of carbonyl (C=O) groups excluding carboxylic acids is 1. The molecular formula is C17H15ClO2. The number of rotatable bonds is 3. The van der Waals surface area contributed by atoms with Crippen LogP contribution in [0, 0.1) is 6.92 Å². The summed E-state index contributed by atoms with van der Waals surface area (Å²) in [6.07, 6.45) is 0. The van der Waals surface area contributed by atoms with Gasteiger partial charge >= 0.3 is 0 Å². The van der Waals surface area contributed by atoms with Crippen molar-refractivity contribution in [2.75, 3.05) is 6.61 Å². The molecule has 0 aliphatic carbocycles. The Labute approximate surface area is 123 Å². The monoisotopic (exact) mass is 286 g/mol. The number of alkyl halides is 1. The van der Waals surface area contributed by atoms with Crippen molar-refractivity contribution in [1.82, 2.24) is 0 Å². The highest BCUT2D eigenvalue weighted by molar-refractivity contribution is 6.24. The van der Waals surface area contributed by atoms with Gasteiger partial charge in [-0.3, -0.25) is 4.79 Å². The molecule has 0 amide bonds. The van der Waals surface area contributed by atoms with Gasteiger partial charge in [-0.1, -0.05) is 60.2 Å². The number of carbonyl (C=O) groups is 1. The zero-order chi connectivity index (χ0) is 14.2. The second-order valence-corrected chi connectivity index (χ2v) is 5.52. The van der Waals surface area contributed by atoms with Crippen molar-refractivity contribution in [2.45, 2.75) is 17.9 Å². The Morgan fingerprint density at radius 1 is 1.10 bits per heavy atom. The lowest BCUT2D eigenvalue weighted by atomic mass is 9.79. The average Bonchev–Trinajstić information content (AvgIpc) is 2.49. The van der Waals surface area contributed by atoms with Crippen molar-refractivity contribution in [1.29, 1.82) is 0 Å². The Morgan fingerprint density at radius 3 is 2.25 bits per heavy atom. The third-order valence-electron chi connectivity index (χ3n) is 3.77. The number of ether oxygens (including phenoxy) is 1. The van der Waals surface area contributed by atoms with E-state index in [2.05, 4.69) is 0 Å². The summed E-state index contributed by atoms with van der Waals surface area (Å²) in [6.45, 7) is 2.14. The number of benzene rings is 2. The van der Waals surface area contributed by atoms with Crippen molar-refractivity contribution in [3.63, 3.8) is 0 Å². The van der Waals surface area contributed by atoms with Crippen LogP contribution in [-0.4, -0.2) is 12.4 Å². The molecule has 0 radical (unpaired) electrons. The van der Waals surface area contributed by atoms with Gasteiger partial charge in [0.15, 0.2) is 11.4 Å². The van der Waals surface area contributed by atoms with Crippen LogP contribution in [0.25, 0.3) is 0 Å². The summed E-state index contributed by atoms with van der Waals surface area (Å²) in [4.78, 5) is 12.2. The number of aryl methyl sites for hydroxylation is 1. The Morgan fingerprint density at radius 2 is 1.75 bits per heavy atom. The quantitative estimate of drug-likeness (QED) is 0.803. The van der Waals surface area contributed by atoms with Gasteiger partial charge in [-0.2, -0.15) is 0 Å². The van der Waals surface area contributed by atoms with Crippen LogP contribution in [0.3, 0.4) is 0 Å². The van der Waals surface area contributed by atoms with Crippen LogP contribution in [0.4, 0.5) is 0 Å². The molecule has 3 rings (SSSR count). The first kappa shape index (κ1) is 13.3. The highest BCUT2D eigenvalue weighted by Crippen LogP contribution is 2.48. The first-order valence-corrected chi connectivity index (χ1v) is 7.01. The van der Waals surface area contributed by atoms with E-state index in [1.165, 1.54) is 0 Å². The molecule has 2 aromatic carbocycles. The maximum Gasteiger partial charge on any atom is 0.196 e. The topological polar surface area (TPSA) is 26.3 Å². The van der Waals surface area contributed by atoms with Gasteiger partial charge in [0, 0.05) is 0 Å². The average molecular weight is 287 g/mol. The maximum absolute atomic E-state index is 12.2. The van der Waals surface area contributed by atoms with Crippen molar-refractivity contribution < 1.29 is 9.53 Å². The molecule has 3 heteroatoms. The van der Waals surface area contributed by atoms with E-state index in [4.69, 9.17) is 16.3 Å². The summed E-state index contributed by atoms with van der Waals surface area (Å²) in [6, 6.07) is 17.4. The number of Topliss-reactive ketones (excluding diaryl/α,β-unsaturated/α-hetero) is 1. The predicted octanol–water partition coefficient (Wildman–Crippen LogP) is 3.77. The van der Waals surface area contributed by atoms with Gasteiger partial charge in [0.2, 0.25) is 0 Å². The Bertz CT molecular complexity index is 621. The standard InChI is InChI=1S/C17H15ClO2/c1-12-7-9-14(10-8-12)17(15(19)11-20-17)16(18)13-5-3-2-4-6-13/h2-10,16H,11H2,1H3/t16-,17-/m0/s1. The maximum atomic E-state index is 12.2. The summed E-state index contributed by atoms with van der Waals surface area (Å²) < 4.78 is 5.69. The van der Waals surface area contributed by atoms with Gasteiger partial charge in [0.25, 0.3) is 0 Å². The van der Waals surface area contributed by atoms with Crippen LogP contribution >= 0.6 is 11.6 Å². The lowest BCUT2D eigenvalue weighted by Gasteiger charge is -2.43. The van der Waals surface area contributed by atoms with Crippen LogP contribution in [0.5, 0.6) is 0 Å². The molecule has 0 aromatic heterocycles. The summed E-state index contributed by atoms with van der Waals surface area (Å²) in [5.74, 6) is 0.0326. The van der Waals surface area contributed by atoms with Crippen molar-refractivity contribution >= 4 is 17.4 Å². The summed E-state index contributed by atoms with van der Waals surface area (Å²) >= 11 is 6.59. The van der Waals surface area contributed by atoms with E-state index in [0.717, 1.165) is 16.7 Å². The molecule has 2 nitrogen and oxygen atoms in total. The second-order valence-electron chi connectivity index (χ2n) is 5.09. The fourth-order valence-corrected chi connectivity index (χ4v) is 3.01. The van der Waals surface area contributed by atoms with E-state index in [1.54, 1.807) is 0 Å². The SMILES string of the molecule is Cc1ccc([C@]2([C@@H](Cl)c3ccccc3)OCC2=O)cc1. The Balaban J connectivity index is 2.05. The minimum absolute atomic E-state index is 0.0326. The third kappa shape index (κ3) is 1.96. The van der Waals surface area contributed by atoms with E-state index < -0.39 is 11.0 Å². The molecule has 0 saturated carbocycles. The lowest BCUT2D eigenvalue weighted by Crippen LogP contribution is -2.54. The van der Waals surface area contributed by atoms with Gasteiger partial charge in [0.05, 0.1) is 5.38 Å². The molecule has 1 saturated heterocycles. The van der Waals surface area contributed by atoms with Crippen molar-refractivity contribution in [3.8, 4) is 0 Å². The second kappa shape index (κ2) is 5.04. The number of hydrogen-bond acceptors (Lipinski definition) is 2. The summed E-state index contributed by atoms with van der Waals surface area (Å²) in [5.41, 5.74) is 1.81. The minimum Gasteiger partial charge on any atom is -0.352 e. The van der Waals surface area contributed by atoms with Crippen LogP contribution in [0.15, 0.2) is 54.6 Å². The van der Waals surface area contributed by atoms with Gasteiger partial charge in [-0.15, -0.1) is 11.6 Å². The molecule has 0 N–H and O–H groups in total. The Kier molecular flexibility index (Phi) is 3.36. The largest absolute Gasteiger partial charge is 0.352 e. The molecule has 0 unspecified atom stereocenters. The van der Waals surface area contributed by atoms with E-state index in [1.807, 2.05) is 61.5 Å². The molecule has 1 fully saturated rings. The number of hydrogen-bond donors (Lipinski definition) is 0. The van der Waals surface area contributed by atoms with E-state index >= 15 is 0 Å². The van der Waals surface area contributed by atoms with Gasteiger partial charge < -0.3 is 4.74 Å². The van der Waals surface area contributed by atoms with E-state index in [9.17, 15) is 4.79 Å². The molecule has 20 heavy (non-hydrogen) atoms. The molecule has 0 spiro atoms. The molecule has 102 valence electrons. The zero-order valence-electron chi connectivity index (χ0n) is 11.2.